The fourth-order valence-corrected chi connectivity index (χ4v) is 1.39. The molecule has 14 heavy (non-hydrogen) atoms. The Morgan fingerprint density at radius 3 is 2.57 bits per heavy atom. The monoisotopic (exact) mass is 189 g/mol. The fourth-order valence-electron chi connectivity index (χ4n) is 1.39. The van der Waals surface area contributed by atoms with Gasteiger partial charge in [-0.25, -0.2) is 0 Å². The van der Waals surface area contributed by atoms with Crippen LogP contribution in [0.3, 0.4) is 0 Å². The Morgan fingerprint density at radius 2 is 1.93 bits per heavy atom. The van der Waals surface area contributed by atoms with Crippen LogP contribution in [-0.4, -0.2) is 5.16 Å². The second-order valence-electron chi connectivity index (χ2n) is 2.94. The van der Waals surface area contributed by atoms with E-state index in [9.17, 15) is 0 Å². The number of anilines is 1. The second-order valence-corrected chi connectivity index (χ2v) is 2.94. The van der Waals surface area contributed by atoms with Crippen molar-refractivity contribution in [3.05, 3.63) is 36.0 Å². The minimum Gasteiger partial charge on any atom is -0.367 e. The summed E-state index contributed by atoms with van der Waals surface area (Å²) in [5.74, 6) is 0.316. The van der Waals surface area contributed by atoms with Gasteiger partial charge in [0.15, 0.2) is 0 Å². The highest BCUT2D eigenvalue weighted by molar-refractivity contribution is 5.74. The van der Waals surface area contributed by atoms with Crippen molar-refractivity contribution in [1.29, 1.82) is 0 Å². The summed E-state index contributed by atoms with van der Waals surface area (Å²) in [6, 6.07) is 9.70. The Balaban J connectivity index is 2.55. The molecule has 0 atom stereocenters. The number of hydrogen-bond donors (Lipinski definition) is 2. The zero-order chi connectivity index (χ0) is 9.97. The zero-order valence-corrected chi connectivity index (χ0v) is 7.60. The predicted molar refractivity (Wildman–Crippen MR) is 54.2 cm³/mol. The topological polar surface area (TPSA) is 78.1 Å². The van der Waals surface area contributed by atoms with Crippen LogP contribution in [0.2, 0.25) is 0 Å². The molecule has 0 fully saturated rings. The van der Waals surface area contributed by atoms with Crippen molar-refractivity contribution < 1.29 is 4.52 Å². The van der Waals surface area contributed by atoms with Crippen LogP contribution >= 0.6 is 0 Å². The molecule has 0 bridgehead atoms. The van der Waals surface area contributed by atoms with E-state index in [4.69, 9.17) is 16.0 Å². The van der Waals surface area contributed by atoms with Crippen molar-refractivity contribution >= 4 is 5.88 Å². The molecule has 2 rings (SSSR count). The van der Waals surface area contributed by atoms with Crippen LogP contribution in [0.1, 0.15) is 5.69 Å². The van der Waals surface area contributed by atoms with E-state index in [2.05, 4.69) is 5.16 Å². The van der Waals surface area contributed by atoms with Crippen molar-refractivity contribution in [1.82, 2.24) is 5.16 Å². The maximum absolute atomic E-state index is 5.66. The summed E-state index contributed by atoms with van der Waals surface area (Å²) >= 11 is 0. The Kier molecular flexibility index (Phi) is 2.20. The molecule has 4 nitrogen and oxygen atoms in total. The van der Waals surface area contributed by atoms with E-state index in [1.165, 1.54) is 0 Å². The van der Waals surface area contributed by atoms with E-state index < -0.39 is 0 Å². The molecule has 2 aromatic rings. The Hall–Kier alpha value is -1.81. The van der Waals surface area contributed by atoms with Crippen LogP contribution in [0.5, 0.6) is 0 Å². The van der Waals surface area contributed by atoms with Crippen molar-refractivity contribution in [3.63, 3.8) is 0 Å². The summed E-state index contributed by atoms with van der Waals surface area (Å²) in [6.45, 7) is 0.324. The number of nitrogen functional groups attached to an aromatic ring is 1. The molecule has 1 aromatic heterocycles. The van der Waals surface area contributed by atoms with E-state index in [-0.39, 0.29) is 0 Å². The number of nitrogens with two attached hydrogens (primary N) is 2. The fraction of sp³-hybridized carbons (Fsp3) is 0.100. The van der Waals surface area contributed by atoms with Crippen LogP contribution in [0, 0.1) is 0 Å². The summed E-state index contributed by atoms with van der Waals surface area (Å²) in [7, 11) is 0. The molecule has 4 heteroatoms. The number of benzene rings is 1. The smallest absolute Gasteiger partial charge is 0.230 e. The average molecular weight is 189 g/mol. The number of rotatable bonds is 2. The molecule has 0 aliphatic rings. The van der Waals surface area contributed by atoms with Gasteiger partial charge in [-0.05, 0) is 5.56 Å². The molecular weight excluding hydrogens is 178 g/mol. The average Bonchev–Trinajstić information content (AvgIpc) is 2.61. The van der Waals surface area contributed by atoms with Crippen molar-refractivity contribution in [2.45, 2.75) is 6.54 Å². The molecular formula is C10H11N3O. The summed E-state index contributed by atoms with van der Waals surface area (Å²) in [6.07, 6.45) is 0. The molecule has 4 N–H and O–H groups in total. The van der Waals surface area contributed by atoms with Gasteiger partial charge in [-0.1, -0.05) is 35.5 Å². The van der Waals surface area contributed by atoms with Crippen LogP contribution in [0.15, 0.2) is 34.9 Å². The molecule has 0 spiro atoms. The summed E-state index contributed by atoms with van der Waals surface area (Å²) in [4.78, 5) is 0. The first-order valence-electron chi connectivity index (χ1n) is 4.32. The highest BCUT2D eigenvalue weighted by atomic mass is 16.5. The van der Waals surface area contributed by atoms with E-state index in [1.807, 2.05) is 30.3 Å². The summed E-state index contributed by atoms with van der Waals surface area (Å²) < 4.78 is 4.89. The highest BCUT2D eigenvalue weighted by Crippen LogP contribution is 2.28. The van der Waals surface area contributed by atoms with Gasteiger partial charge < -0.3 is 16.0 Å². The Labute approximate surface area is 81.5 Å². The van der Waals surface area contributed by atoms with Gasteiger partial charge in [-0.2, -0.15) is 0 Å². The SMILES string of the molecule is NCc1noc(N)c1-c1ccccc1. The van der Waals surface area contributed by atoms with Gasteiger partial charge in [0.2, 0.25) is 5.88 Å². The molecule has 0 radical (unpaired) electrons. The van der Waals surface area contributed by atoms with Gasteiger partial charge in [0.1, 0.15) is 5.69 Å². The molecule has 72 valence electrons. The number of hydrogen-bond acceptors (Lipinski definition) is 4. The van der Waals surface area contributed by atoms with Gasteiger partial charge in [-0.15, -0.1) is 0 Å². The van der Waals surface area contributed by atoms with E-state index in [1.54, 1.807) is 0 Å². The lowest BCUT2D eigenvalue weighted by Gasteiger charge is -1.99. The molecule has 0 saturated heterocycles. The standard InChI is InChI=1S/C10H11N3O/c11-6-8-9(10(12)14-13-8)7-4-2-1-3-5-7/h1-5H,6,11-12H2. The molecule has 0 saturated carbocycles. The summed E-state index contributed by atoms with van der Waals surface area (Å²) in [5.41, 5.74) is 13.7. The molecule has 0 aliphatic carbocycles. The van der Waals surface area contributed by atoms with Gasteiger partial charge in [0.25, 0.3) is 0 Å². The Morgan fingerprint density at radius 1 is 1.21 bits per heavy atom. The van der Waals surface area contributed by atoms with Crippen LogP contribution in [-0.2, 0) is 6.54 Å². The molecule has 0 unspecified atom stereocenters. The highest BCUT2D eigenvalue weighted by Gasteiger charge is 2.13. The Bertz CT molecular complexity index is 422. The van der Waals surface area contributed by atoms with Crippen molar-refractivity contribution in [2.24, 2.45) is 5.73 Å². The maximum Gasteiger partial charge on any atom is 0.230 e. The molecule has 0 aliphatic heterocycles. The predicted octanol–water partition coefficient (Wildman–Crippen LogP) is 1.38. The minimum atomic E-state index is 0.316. The molecule has 0 amide bonds. The third kappa shape index (κ3) is 1.36. The number of nitrogens with zero attached hydrogens (tertiary/aromatic N) is 1. The van der Waals surface area contributed by atoms with Crippen LogP contribution in [0.25, 0.3) is 11.1 Å². The van der Waals surface area contributed by atoms with Crippen LogP contribution in [0.4, 0.5) is 5.88 Å². The van der Waals surface area contributed by atoms with Gasteiger partial charge in [-0.3, -0.25) is 0 Å². The lowest BCUT2D eigenvalue weighted by molar-refractivity contribution is 0.428. The number of aromatic nitrogens is 1. The molecule has 1 aromatic carbocycles. The first-order valence-corrected chi connectivity index (χ1v) is 4.32. The van der Waals surface area contributed by atoms with Gasteiger partial charge >= 0.3 is 0 Å². The molecule has 1 heterocycles. The van der Waals surface area contributed by atoms with Crippen molar-refractivity contribution in [2.75, 3.05) is 5.73 Å². The lowest BCUT2D eigenvalue weighted by Crippen LogP contribution is -1.98. The summed E-state index contributed by atoms with van der Waals surface area (Å²) in [5, 5.41) is 3.79. The van der Waals surface area contributed by atoms with E-state index >= 15 is 0 Å². The lowest BCUT2D eigenvalue weighted by atomic mass is 10.1. The maximum atomic E-state index is 5.66. The first kappa shape index (κ1) is 8.77. The largest absolute Gasteiger partial charge is 0.367 e. The van der Waals surface area contributed by atoms with E-state index in [0.29, 0.717) is 18.1 Å². The third-order valence-electron chi connectivity index (χ3n) is 2.04. The third-order valence-corrected chi connectivity index (χ3v) is 2.04. The van der Waals surface area contributed by atoms with Crippen molar-refractivity contribution in [3.8, 4) is 11.1 Å². The first-order chi connectivity index (χ1) is 6.83. The van der Waals surface area contributed by atoms with Gasteiger partial charge in [0.05, 0.1) is 5.56 Å². The minimum absolute atomic E-state index is 0.316. The quantitative estimate of drug-likeness (QED) is 0.748. The van der Waals surface area contributed by atoms with E-state index in [0.717, 1.165) is 11.1 Å². The zero-order valence-electron chi connectivity index (χ0n) is 7.60. The second kappa shape index (κ2) is 3.51. The normalized spacial score (nSPS) is 10.4. The van der Waals surface area contributed by atoms with Gasteiger partial charge in [0, 0.05) is 6.54 Å². The van der Waals surface area contributed by atoms with Crippen LogP contribution < -0.4 is 11.5 Å².